The number of hydrogen-bond donors (Lipinski definition) is 1. The Morgan fingerprint density at radius 2 is 1.50 bits per heavy atom. The second kappa shape index (κ2) is 10.2. The molecule has 2 heterocycles. The highest BCUT2D eigenvalue weighted by molar-refractivity contribution is 6.30. The average Bonchev–Trinajstić information content (AvgIpc) is 2.84. The van der Waals surface area contributed by atoms with Crippen LogP contribution in [-0.4, -0.2) is 53.7 Å². The third-order valence-corrected chi connectivity index (χ3v) is 6.62. The van der Waals surface area contributed by atoms with Crippen LogP contribution in [0, 0.1) is 11.8 Å². The van der Waals surface area contributed by atoms with Crippen molar-refractivity contribution >= 4 is 35.0 Å². The van der Waals surface area contributed by atoms with Gasteiger partial charge in [0.15, 0.2) is 0 Å². The number of likely N-dealkylation sites (tertiary alicyclic amines) is 2. The van der Waals surface area contributed by atoms with E-state index in [0.29, 0.717) is 49.6 Å². The Balaban J connectivity index is 1.29. The first kappa shape index (κ1) is 22.3. The number of carbonyl (C=O) groups is 3. The lowest BCUT2D eigenvalue weighted by Gasteiger charge is -2.37. The quantitative estimate of drug-likeness (QED) is 0.758. The molecule has 0 saturated carbocycles. The molecule has 6 nitrogen and oxygen atoms in total. The maximum Gasteiger partial charge on any atom is 0.253 e. The number of amides is 3. The lowest BCUT2D eigenvalue weighted by Crippen LogP contribution is -2.49. The summed E-state index contributed by atoms with van der Waals surface area (Å²) in [5.41, 5.74) is 1.39. The van der Waals surface area contributed by atoms with E-state index in [9.17, 15) is 14.4 Å². The largest absolute Gasteiger partial charge is 0.342 e. The number of rotatable bonds is 4. The van der Waals surface area contributed by atoms with Crippen LogP contribution in [0.25, 0.3) is 0 Å². The SMILES string of the molecule is O=C(Nc1ccccc1)C1CCN(C(=O)C2CCCN(C(=O)c3ccc(Cl)cc3)C2)CC1. The van der Waals surface area contributed by atoms with Gasteiger partial charge in [0.2, 0.25) is 11.8 Å². The number of para-hydroxylation sites is 1. The third-order valence-electron chi connectivity index (χ3n) is 6.37. The second-order valence-corrected chi connectivity index (χ2v) is 8.99. The summed E-state index contributed by atoms with van der Waals surface area (Å²) in [5.74, 6) is -0.222. The summed E-state index contributed by atoms with van der Waals surface area (Å²) in [5, 5.41) is 3.55. The zero-order valence-corrected chi connectivity index (χ0v) is 18.8. The van der Waals surface area contributed by atoms with Crippen molar-refractivity contribution in [1.29, 1.82) is 0 Å². The average molecular weight is 454 g/mol. The fraction of sp³-hybridized carbons (Fsp3) is 0.400. The van der Waals surface area contributed by atoms with Crippen molar-refractivity contribution < 1.29 is 14.4 Å². The van der Waals surface area contributed by atoms with Crippen LogP contribution in [0.4, 0.5) is 5.69 Å². The zero-order valence-electron chi connectivity index (χ0n) is 18.0. The molecule has 32 heavy (non-hydrogen) atoms. The predicted molar refractivity (Wildman–Crippen MR) is 124 cm³/mol. The van der Waals surface area contributed by atoms with Gasteiger partial charge in [0.05, 0.1) is 5.92 Å². The van der Waals surface area contributed by atoms with Crippen LogP contribution < -0.4 is 5.32 Å². The molecule has 0 aromatic heterocycles. The highest BCUT2D eigenvalue weighted by atomic mass is 35.5. The van der Waals surface area contributed by atoms with E-state index in [-0.39, 0.29) is 29.6 Å². The highest BCUT2D eigenvalue weighted by Crippen LogP contribution is 2.25. The minimum Gasteiger partial charge on any atom is -0.342 e. The second-order valence-electron chi connectivity index (χ2n) is 8.55. The minimum absolute atomic E-state index is 0.0145. The molecule has 2 fully saturated rings. The van der Waals surface area contributed by atoms with E-state index in [4.69, 9.17) is 11.6 Å². The summed E-state index contributed by atoms with van der Waals surface area (Å²) in [6.07, 6.45) is 2.92. The summed E-state index contributed by atoms with van der Waals surface area (Å²) in [6.45, 7) is 2.25. The van der Waals surface area contributed by atoms with Crippen LogP contribution in [0.15, 0.2) is 54.6 Å². The van der Waals surface area contributed by atoms with Crippen molar-refractivity contribution in [3.8, 4) is 0 Å². The van der Waals surface area contributed by atoms with Crippen LogP contribution in [0.1, 0.15) is 36.0 Å². The van der Waals surface area contributed by atoms with Gasteiger partial charge in [-0.2, -0.15) is 0 Å². The van der Waals surface area contributed by atoms with Gasteiger partial charge >= 0.3 is 0 Å². The van der Waals surface area contributed by atoms with Crippen molar-refractivity contribution in [2.45, 2.75) is 25.7 Å². The van der Waals surface area contributed by atoms with Gasteiger partial charge in [-0.15, -0.1) is 0 Å². The minimum atomic E-state index is -0.185. The predicted octanol–water partition coefficient (Wildman–Crippen LogP) is 4.07. The molecule has 2 aromatic rings. The van der Waals surface area contributed by atoms with E-state index in [2.05, 4.69) is 5.32 Å². The van der Waals surface area contributed by atoms with Crippen molar-refractivity contribution in [3.05, 3.63) is 65.2 Å². The van der Waals surface area contributed by atoms with Crippen molar-refractivity contribution in [1.82, 2.24) is 9.80 Å². The standard InChI is InChI=1S/C25H28ClN3O3/c26-21-10-8-19(9-11-21)24(31)29-14-4-5-20(17-29)25(32)28-15-12-18(13-16-28)23(30)27-22-6-2-1-3-7-22/h1-3,6-11,18,20H,4-5,12-17H2,(H,27,30). The summed E-state index contributed by atoms with van der Waals surface area (Å²) < 4.78 is 0. The molecule has 2 aliphatic heterocycles. The topological polar surface area (TPSA) is 69.7 Å². The lowest BCUT2D eigenvalue weighted by atomic mass is 9.92. The van der Waals surface area contributed by atoms with Crippen LogP contribution in [-0.2, 0) is 9.59 Å². The maximum atomic E-state index is 13.1. The molecule has 4 rings (SSSR count). The van der Waals surface area contributed by atoms with Gasteiger partial charge in [-0.3, -0.25) is 14.4 Å². The lowest BCUT2D eigenvalue weighted by molar-refractivity contribution is -0.139. The Kier molecular flexibility index (Phi) is 7.10. The molecule has 0 aliphatic carbocycles. The molecule has 2 aliphatic rings. The Hall–Kier alpha value is -2.86. The summed E-state index contributed by atoms with van der Waals surface area (Å²) in [4.78, 5) is 42.2. The number of benzene rings is 2. The fourth-order valence-corrected chi connectivity index (χ4v) is 4.65. The van der Waals surface area contributed by atoms with E-state index < -0.39 is 0 Å². The number of nitrogens with zero attached hydrogens (tertiary/aromatic N) is 2. The molecule has 1 N–H and O–H groups in total. The third kappa shape index (κ3) is 5.30. The Bertz CT molecular complexity index is 956. The Morgan fingerprint density at radius 1 is 0.812 bits per heavy atom. The molecule has 0 spiro atoms. The van der Waals surface area contributed by atoms with Crippen molar-refractivity contribution in [3.63, 3.8) is 0 Å². The number of halogens is 1. The number of anilines is 1. The number of hydrogen-bond acceptors (Lipinski definition) is 3. The smallest absolute Gasteiger partial charge is 0.253 e. The molecular weight excluding hydrogens is 426 g/mol. The summed E-state index contributed by atoms with van der Waals surface area (Å²) in [6, 6.07) is 16.3. The molecule has 2 saturated heterocycles. The van der Waals surface area contributed by atoms with E-state index in [0.717, 1.165) is 18.5 Å². The zero-order chi connectivity index (χ0) is 22.5. The number of carbonyl (C=O) groups excluding carboxylic acids is 3. The van der Waals surface area contributed by atoms with E-state index in [1.165, 1.54) is 0 Å². The van der Waals surface area contributed by atoms with E-state index in [1.807, 2.05) is 35.2 Å². The first-order valence-electron chi connectivity index (χ1n) is 11.2. The van der Waals surface area contributed by atoms with Crippen LogP contribution >= 0.6 is 11.6 Å². The molecule has 7 heteroatoms. The Morgan fingerprint density at radius 3 is 2.19 bits per heavy atom. The van der Waals surface area contributed by atoms with Crippen LogP contribution in [0.3, 0.4) is 0 Å². The van der Waals surface area contributed by atoms with Crippen molar-refractivity contribution in [2.24, 2.45) is 11.8 Å². The fourth-order valence-electron chi connectivity index (χ4n) is 4.52. The van der Waals surface area contributed by atoms with Gasteiger partial charge in [0.25, 0.3) is 5.91 Å². The van der Waals surface area contributed by atoms with Crippen LogP contribution in [0.2, 0.25) is 5.02 Å². The van der Waals surface area contributed by atoms with Gasteiger partial charge in [-0.1, -0.05) is 29.8 Å². The molecular formula is C25H28ClN3O3. The normalized spacial score (nSPS) is 19.5. The Labute approximate surface area is 193 Å². The summed E-state index contributed by atoms with van der Waals surface area (Å²) in [7, 11) is 0. The monoisotopic (exact) mass is 453 g/mol. The highest BCUT2D eigenvalue weighted by Gasteiger charge is 2.34. The molecule has 2 aromatic carbocycles. The van der Waals surface area contributed by atoms with Gasteiger partial charge in [-0.25, -0.2) is 0 Å². The van der Waals surface area contributed by atoms with Gasteiger partial charge < -0.3 is 15.1 Å². The molecule has 3 amide bonds. The first-order chi connectivity index (χ1) is 15.5. The maximum absolute atomic E-state index is 13.1. The summed E-state index contributed by atoms with van der Waals surface area (Å²) >= 11 is 5.92. The van der Waals surface area contributed by atoms with Crippen molar-refractivity contribution in [2.75, 3.05) is 31.5 Å². The van der Waals surface area contributed by atoms with Gasteiger partial charge in [0.1, 0.15) is 0 Å². The van der Waals surface area contributed by atoms with Crippen LogP contribution in [0.5, 0.6) is 0 Å². The van der Waals surface area contributed by atoms with E-state index >= 15 is 0 Å². The molecule has 1 atom stereocenters. The van der Waals surface area contributed by atoms with Gasteiger partial charge in [-0.05, 0) is 62.1 Å². The molecule has 0 bridgehead atoms. The first-order valence-corrected chi connectivity index (χ1v) is 11.6. The molecule has 1 unspecified atom stereocenters. The van der Waals surface area contributed by atoms with Gasteiger partial charge in [0, 0.05) is 48.4 Å². The number of nitrogens with one attached hydrogen (secondary N) is 1. The molecule has 168 valence electrons. The number of piperidine rings is 2. The molecule has 0 radical (unpaired) electrons. The van der Waals surface area contributed by atoms with E-state index in [1.54, 1.807) is 29.2 Å².